The lowest BCUT2D eigenvalue weighted by Crippen LogP contribution is -2.35. The minimum atomic E-state index is -4.42. The van der Waals surface area contributed by atoms with Crippen LogP contribution in [0.2, 0.25) is 0 Å². The summed E-state index contributed by atoms with van der Waals surface area (Å²) < 4.78 is 37.9. The highest BCUT2D eigenvalue weighted by Gasteiger charge is 2.43. The van der Waals surface area contributed by atoms with Crippen LogP contribution in [0, 0.1) is 11.8 Å². The maximum Gasteiger partial charge on any atom is 0.417 e. The van der Waals surface area contributed by atoms with Crippen molar-refractivity contribution in [2.75, 3.05) is 26.2 Å². The van der Waals surface area contributed by atoms with Crippen molar-refractivity contribution in [2.45, 2.75) is 19.0 Å². The van der Waals surface area contributed by atoms with Gasteiger partial charge in [0.15, 0.2) is 0 Å². The summed E-state index contributed by atoms with van der Waals surface area (Å²) in [6.45, 7) is 2.33. The molecule has 0 saturated carbocycles. The molecule has 2 fully saturated rings. The fourth-order valence-electron chi connectivity index (χ4n) is 4.65. The number of benzene rings is 1. The lowest BCUT2D eigenvalue weighted by Gasteiger charge is -2.22. The average Bonchev–Trinajstić information content (AvgIpc) is 3.50. The third-order valence-electron chi connectivity index (χ3n) is 6.44. The van der Waals surface area contributed by atoms with E-state index in [1.54, 1.807) is 23.1 Å². The molecule has 11 heteroatoms. The Bertz CT molecular complexity index is 1180. The highest BCUT2D eigenvalue weighted by atomic mass is 19.4. The van der Waals surface area contributed by atoms with Crippen LogP contribution >= 0.6 is 0 Å². The molecule has 0 aliphatic carbocycles. The third-order valence-corrected chi connectivity index (χ3v) is 6.44. The Morgan fingerprint density at radius 1 is 0.970 bits per heavy atom. The summed E-state index contributed by atoms with van der Waals surface area (Å²) in [5.41, 5.74) is 1.56. The van der Waals surface area contributed by atoms with Gasteiger partial charge in [-0.25, -0.2) is 0 Å². The fraction of sp³-hybridized carbons (Fsp3) is 0.409. The number of nitrogens with zero attached hydrogens (tertiary/aromatic N) is 5. The number of halogens is 3. The highest BCUT2D eigenvalue weighted by Crippen LogP contribution is 2.33. The Labute approximate surface area is 186 Å². The minimum absolute atomic E-state index is 0.0412. The van der Waals surface area contributed by atoms with Gasteiger partial charge < -0.3 is 9.80 Å². The van der Waals surface area contributed by atoms with Crippen LogP contribution in [0.25, 0.3) is 11.0 Å². The number of H-pyrrole nitrogens is 1. The van der Waals surface area contributed by atoms with Crippen LogP contribution in [-0.4, -0.2) is 68.2 Å². The molecule has 4 heterocycles. The molecule has 8 nitrogen and oxygen atoms in total. The van der Waals surface area contributed by atoms with Crippen LogP contribution in [-0.2, 0) is 17.4 Å². The Morgan fingerprint density at radius 2 is 1.67 bits per heavy atom. The van der Waals surface area contributed by atoms with Gasteiger partial charge in [-0.05, 0) is 36.8 Å². The summed E-state index contributed by atoms with van der Waals surface area (Å²) in [7, 11) is 0. The molecule has 2 atom stereocenters. The Kier molecular flexibility index (Phi) is 5.26. The zero-order chi connectivity index (χ0) is 23.2. The molecule has 1 N–H and O–H groups in total. The number of carbonyl (C=O) groups is 2. The van der Waals surface area contributed by atoms with Crippen molar-refractivity contribution in [2.24, 2.45) is 11.8 Å². The smallest absolute Gasteiger partial charge is 0.342 e. The predicted octanol–water partition coefficient (Wildman–Crippen LogP) is 2.53. The number of hydrogen-bond donors (Lipinski definition) is 1. The molecule has 2 aliphatic rings. The first kappa shape index (κ1) is 21.4. The van der Waals surface area contributed by atoms with E-state index in [2.05, 4.69) is 20.4 Å². The van der Waals surface area contributed by atoms with Gasteiger partial charge in [-0.2, -0.15) is 28.6 Å². The van der Waals surface area contributed by atoms with Gasteiger partial charge in [-0.15, -0.1) is 0 Å². The van der Waals surface area contributed by atoms with Crippen molar-refractivity contribution in [1.82, 2.24) is 30.2 Å². The van der Waals surface area contributed by atoms with Crippen LogP contribution in [0.4, 0.5) is 13.2 Å². The van der Waals surface area contributed by atoms with Crippen molar-refractivity contribution in [3.05, 3.63) is 53.3 Å². The van der Waals surface area contributed by atoms with Gasteiger partial charge in [0, 0.05) is 61.9 Å². The molecule has 0 bridgehead atoms. The van der Waals surface area contributed by atoms with Gasteiger partial charge in [0.1, 0.15) is 11.0 Å². The molecule has 33 heavy (non-hydrogen) atoms. The van der Waals surface area contributed by atoms with Crippen molar-refractivity contribution in [1.29, 1.82) is 0 Å². The molecule has 2 aromatic heterocycles. The SMILES string of the molecule is O=C(CCc1ccc(C(F)(F)F)cn1)N1CC2CN(C(=O)c3ccc4n[nH]nc4c3)C[C@H]2C1. The molecule has 2 amide bonds. The summed E-state index contributed by atoms with van der Waals surface area (Å²) in [4.78, 5) is 33.0. The molecule has 2 aliphatic heterocycles. The second-order valence-corrected chi connectivity index (χ2v) is 8.59. The maximum atomic E-state index is 12.9. The van der Waals surface area contributed by atoms with Crippen LogP contribution < -0.4 is 0 Å². The third kappa shape index (κ3) is 4.27. The number of likely N-dealkylation sites (tertiary alicyclic amines) is 2. The van der Waals surface area contributed by atoms with Gasteiger partial charge in [0.25, 0.3) is 5.91 Å². The molecule has 5 rings (SSSR count). The van der Waals surface area contributed by atoms with Crippen molar-refractivity contribution >= 4 is 22.8 Å². The standard InChI is InChI=1S/C22H21F3N6O2/c23-22(24,25)16-2-3-17(26-8-16)4-6-20(32)30-9-14-11-31(12-15(14)10-30)21(33)13-1-5-18-19(7-13)28-29-27-18/h1-3,5,7-8,14-15H,4,6,9-12H2,(H,27,28,29)/t14-,15?/m1/s1. The van der Waals surface area contributed by atoms with E-state index in [-0.39, 0.29) is 36.5 Å². The number of aryl methyl sites for hydroxylation is 1. The summed E-state index contributed by atoms with van der Waals surface area (Å²) in [6.07, 6.45) is -3.14. The van der Waals surface area contributed by atoms with Crippen molar-refractivity contribution in [3.8, 4) is 0 Å². The molecule has 0 spiro atoms. The summed E-state index contributed by atoms with van der Waals surface area (Å²) in [5.74, 6) is 0.344. The van der Waals surface area contributed by atoms with E-state index in [0.717, 1.165) is 12.3 Å². The lowest BCUT2D eigenvalue weighted by molar-refractivity contribution is -0.138. The van der Waals surface area contributed by atoms with E-state index >= 15 is 0 Å². The Hall–Kier alpha value is -3.50. The van der Waals surface area contributed by atoms with E-state index in [1.807, 2.05) is 4.90 Å². The van der Waals surface area contributed by atoms with E-state index in [0.29, 0.717) is 48.5 Å². The number of nitrogens with one attached hydrogen (secondary N) is 1. The second kappa shape index (κ2) is 8.13. The number of aromatic amines is 1. The summed E-state index contributed by atoms with van der Waals surface area (Å²) in [6, 6.07) is 7.52. The quantitative estimate of drug-likeness (QED) is 0.649. The predicted molar refractivity (Wildman–Crippen MR) is 111 cm³/mol. The summed E-state index contributed by atoms with van der Waals surface area (Å²) >= 11 is 0. The number of pyridine rings is 1. The monoisotopic (exact) mass is 458 g/mol. The van der Waals surface area contributed by atoms with E-state index in [1.165, 1.54) is 6.07 Å². The van der Waals surface area contributed by atoms with E-state index in [4.69, 9.17) is 0 Å². The number of alkyl halides is 3. The molecule has 1 unspecified atom stereocenters. The second-order valence-electron chi connectivity index (χ2n) is 8.59. The number of carbonyl (C=O) groups excluding carboxylic acids is 2. The molecule has 172 valence electrons. The Balaban J connectivity index is 1.13. The normalized spacial score (nSPS) is 20.5. The number of hydrogen-bond acceptors (Lipinski definition) is 5. The zero-order valence-corrected chi connectivity index (χ0v) is 17.5. The van der Waals surface area contributed by atoms with E-state index < -0.39 is 11.7 Å². The number of rotatable bonds is 4. The maximum absolute atomic E-state index is 12.9. The number of fused-ring (bicyclic) bond motifs is 2. The van der Waals surface area contributed by atoms with Crippen LogP contribution in [0.5, 0.6) is 0 Å². The van der Waals surface area contributed by atoms with Gasteiger partial charge in [-0.3, -0.25) is 14.6 Å². The molecule has 1 aromatic carbocycles. The van der Waals surface area contributed by atoms with Crippen molar-refractivity contribution in [3.63, 3.8) is 0 Å². The zero-order valence-electron chi connectivity index (χ0n) is 17.5. The van der Waals surface area contributed by atoms with Crippen LogP contribution in [0.3, 0.4) is 0 Å². The molecule has 3 aromatic rings. The number of aromatic nitrogens is 4. The van der Waals surface area contributed by atoms with Crippen molar-refractivity contribution < 1.29 is 22.8 Å². The topological polar surface area (TPSA) is 95.1 Å². The molecule has 0 radical (unpaired) electrons. The van der Waals surface area contributed by atoms with Gasteiger partial charge in [0.05, 0.1) is 5.56 Å². The summed E-state index contributed by atoms with van der Waals surface area (Å²) in [5, 5.41) is 10.6. The van der Waals surface area contributed by atoms with Crippen LogP contribution in [0.1, 0.15) is 28.0 Å². The average molecular weight is 458 g/mol. The molecular weight excluding hydrogens is 437 g/mol. The largest absolute Gasteiger partial charge is 0.417 e. The molecular formula is C22H21F3N6O2. The van der Waals surface area contributed by atoms with Gasteiger partial charge in [-0.1, -0.05) is 0 Å². The first-order valence-corrected chi connectivity index (χ1v) is 10.7. The number of amides is 2. The first-order valence-electron chi connectivity index (χ1n) is 10.7. The fourth-order valence-corrected chi connectivity index (χ4v) is 4.65. The highest BCUT2D eigenvalue weighted by molar-refractivity contribution is 5.97. The minimum Gasteiger partial charge on any atom is -0.342 e. The van der Waals surface area contributed by atoms with Gasteiger partial charge in [0.2, 0.25) is 5.91 Å². The van der Waals surface area contributed by atoms with E-state index in [9.17, 15) is 22.8 Å². The van der Waals surface area contributed by atoms with Crippen LogP contribution in [0.15, 0.2) is 36.5 Å². The molecule has 2 saturated heterocycles. The lowest BCUT2D eigenvalue weighted by atomic mass is 10.0. The van der Waals surface area contributed by atoms with Gasteiger partial charge >= 0.3 is 6.18 Å². The first-order chi connectivity index (χ1) is 15.8. The Morgan fingerprint density at radius 3 is 2.33 bits per heavy atom.